The van der Waals surface area contributed by atoms with Gasteiger partial charge in [0.25, 0.3) is 5.56 Å². The Balaban J connectivity index is 1.34. The summed E-state index contributed by atoms with van der Waals surface area (Å²) in [6.45, 7) is 8.88. The van der Waals surface area contributed by atoms with Crippen molar-refractivity contribution in [2.24, 2.45) is 11.8 Å². The Hall–Kier alpha value is -2.96. The molecule has 4 heterocycles. The third-order valence-electron chi connectivity index (χ3n) is 7.61. The van der Waals surface area contributed by atoms with Crippen molar-refractivity contribution < 1.29 is 17.9 Å². The second-order valence-electron chi connectivity index (χ2n) is 10.7. The van der Waals surface area contributed by atoms with Crippen LogP contribution in [0.15, 0.2) is 40.3 Å². The highest BCUT2D eigenvalue weighted by atomic mass is 32.2. The topological polar surface area (TPSA) is 105 Å². The molecule has 10 nitrogen and oxygen atoms in total. The molecule has 3 aromatic rings. The Bertz CT molecular complexity index is 1510. The number of piperazine rings is 1. The number of fused-ring (bicyclic) bond motifs is 1. The Morgan fingerprint density at radius 2 is 1.72 bits per heavy atom. The normalized spacial score (nSPS) is 20.9. The fraction of sp³-hybridized carbons (Fsp3) is 0.519. The first-order valence-corrected chi connectivity index (χ1v) is 15.5. The number of piperidine rings is 1. The monoisotopic (exact) mass is 573 g/mol. The highest BCUT2D eigenvalue weighted by molar-refractivity contribution is 7.89. The first-order valence-electron chi connectivity index (χ1n) is 13.2. The van der Waals surface area contributed by atoms with E-state index in [1.807, 2.05) is 38.1 Å². The second-order valence-corrected chi connectivity index (χ2v) is 13.8. The number of nitrogens with zero attached hydrogens (tertiary/aromatic N) is 5. The van der Waals surface area contributed by atoms with E-state index in [4.69, 9.17) is 4.74 Å². The lowest BCUT2D eigenvalue weighted by atomic mass is 9.94. The lowest BCUT2D eigenvalue weighted by molar-refractivity contribution is -0.132. The molecule has 0 aliphatic carbocycles. The molecule has 0 radical (unpaired) electrons. The van der Waals surface area contributed by atoms with E-state index in [-0.39, 0.29) is 34.6 Å². The molecule has 0 bridgehead atoms. The molecule has 210 valence electrons. The number of hydrogen-bond donors (Lipinski definition) is 0. The van der Waals surface area contributed by atoms with Crippen molar-refractivity contribution >= 4 is 43.2 Å². The summed E-state index contributed by atoms with van der Waals surface area (Å²) < 4.78 is 35.5. The van der Waals surface area contributed by atoms with Crippen LogP contribution >= 0.6 is 11.3 Å². The van der Waals surface area contributed by atoms with Gasteiger partial charge in [-0.25, -0.2) is 13.4 Å². The van der Waals surface area contributed by atoms with Crippen molar-refractivity contribution in [2.75, 3.05) is 51.3 Å². The number of hydrogen-bond acceptors (Lipinski definition) is 8. The minimum absolute atomic E-state index is 0.0382. The predicted molar refractivity (Wildman–Crippen MR) is 152 cm³/mol. The minimum atomic E-state index is -3.89. The van der Waals surface area contributed by atoms with Crippen molar-refractivity contribution in [1.29, 1.82) is 0 Å². The molecule has 2 aliphatic heterocycles. The first-order chi connectivity index (χ1) is 18.6. The van der Waals surface area contributed by atoms with E-state index in [1.54, 1.807) is 18.9 Å². The van der Waals surface area contributed by atoms with Gasteiger partial charge < -0.3 is 14.5 Å². The van der Waals surface area contributed by atoms with Gasteiger partial charge in [-0.15, -0.1) is 11.3 Å². The smallest absolute Gasteiger partial charge is 0.263 e. The van der Waals surface area contributed by atoms with E-state index in [0.29, 0.717) is 49.0 Å². The summed E-state index contributed by atoms with van der Waals surface area (Å²) in [5.41, 5.74) is 0.569. The van der Waals surface area contributed by atoms with E-state index in [9.17, 15) is 18.0 Å². The molecule has 12 heteroatoms. The number of carbonyl (C=O) groups excluding carboxylic acids is 1. The van der Waals surface area contributed by atoms with E-state index >= 15 is 0 Å². The molecule has 5 rings (SSSR count). The van der Waals surface area contributed by atoms with Crippen LogP contribution in [-0.4, -0.2) is 79.5 Å². The van der Waals surface area contributed by atoms with Gasteiger partial charge in [-0.3, -0.25) is 14.2 Å². The number of amides is 1. The van der Waals surface area contributed by atoms with Crippen molar-refractivity contribution in [3.63, 3.8) is 0 Å². The Morgan fingerprint density at radius 3 is 2.33 bits per heavy atom. The molecular formula is C27H35N5O5S2. The van der Waals surface area contributed by atoms with Crippen LogP contribution in [0.2, 0.25) is 0 Å². The first kappa shape index (κ1) is 27.6. The Labute approximate surface area is 232 Å². The number of anilines is 1. The molecule has 0 spiro atoms. The van der Waals surface area contributed by atoms with Crippen molar-refractivity contribution in [1.82, 2.24) is 18.8 Å². The van der Waals surface area contributed by atoms with Gasteiger partial charge >= 0.3 is 0 Å². The highest BCUT2D eigenvalue weighted by Gasteiger charge is 2.36. The zero-order valence-electron chi connectivity index (χ0n) is 22.8. The number of methoxy groups -OCH3 is 1. The lowest BCUT2D eigenvalue weighted by Crippen LogP contribution is -2.50. The molecule has 39 heavy (non-hydrogen) atoms. The molecule has 2 saturated heterocycles. The fourth-order valence-corrected chi connectivity index (χ4v) is 9.07. The van der Waals surface area contributed by atoms with Gasteiger partial charge in [0, 0.05) is 49.8 Å². The number of thiophene rings is 1. The summed E-state index contributed by atoms with van der Waals surface area (Å²) in [5, 5.41) is 0.0861. The Kier molecular flexibility index (Phi) is 7.71. The highest BCUT2D eigenvalue weighted by Crippen LogP contribution is 2.35. The summed E-state index contributed by atoms with van der Waals surface area (Å²) in [7, 11) is -2.25. The standard InChI is InChI=1S/C27H35N5O5S2/c1-18-13-19(2)15-32(14-18)39(35,36)25-20(3)38-26-24(25)27(34)31(17-28-26)16-23(33)30-11-9-29(10-12-30)21-5-7-22(37-4)8-6-21/h5-8,17-19H,9-16H2,1-4H3/t18-,19+. The van der Waals surface area contributed by atoms with Gasteiger partial charge in [-0.1, -0.05) is 13.8 Å². The minimum Gasteiger partial charge on any atom is -0.497 e. The van der Waals surface area contributed by atoms with Crippen LogP contribution in [0.5, 0.6) is 5.75 Å². The van der Waals surface area contributed by atoms with Crippen LogP contribution in [0.1, 0.15) is 25.1 Å². The third kappa shape index (κ3) is 5.42. The molecular weight excluding hydrogens is 538 g/mol. The molecule has 0 unspecified atom stereocenters. The maximum atomic E-state index is 13.8. The largest absolute Gasteiger partial charge is 0.497 e. The number of carbonyl (C=O) groups is 1. The van der Waals surface area contributed by atoms with Crippen molar-refractivity contribution in [2.45, 2.75) is 38.6 Å². The number of aromatic nitrogens is 2. The summed E-state index contributed by atoms with van der Waals surface area (Å²) in [4.78, 5) is 36.0. The van der Waals surface area contributed by atoms with E-state index in [0.717, 1.165) is 17.9 Å². The maximum Gasteiger partial charge on any atom is 0.263 e. The quantitative estimate of drug-likeness (QED) is 0.447. The molecule has 0 saturated carbocycles. The lowest BCUT2D eigenvalue weighted by Gasteiger charge is -2.36. The van der Waals surface area contributed by atoms with Crippen LogP contribution in [0.3, 0.4) is 0 Å². The van der Waals surface area contributed by atoms with Gasteiger partial charge in [-0.2, -0.15) is 4.31 Å². The molecule has 2 fully saturated rings. The summed E-state index contributed by atoms with van der Waals surface area (Å²) in [5.74, 6) is 1.08. The molecule has 0 N–H and O–H groups in total. The zero-order valence-corrected chi connectivity index (χ0v) is 24.4. The summed E-state index contributed by atoms with van der Waals surface area (Å²) in [6, 6.07) is 7.82. The average Bonchev–Trinajstić information content (AvgIpc) is 3.27. The molecule has 1 amide bonds. The SMILES string of the molecule is COc1ccc(N2CCN(C(=O)Cn3cnc4sc(C)c(S(=O)(=O)N5C[C@H](C)C[C@H](C)C5)c4c3=O)CC2)cc1. The summed E-state index contributed by atoms with van der Waals surface area (Å²) >= 11 is 1.20. The number of aryl methyl sites for hydroxylation is 1. The number of rotatable bonds is 6. The van der Waals surface area contributed by atoms with Crippen LogP contribution in [0.25, 0.3) is 10.2 Å². The van der Waals surface area contributed by atoms with Gasteiger partial charge in [0.1, 0.15) is 22.0 Å². The van der Waals surface area contributed by atoms with Gasteiger partial charge in [0.05, 0.1) is 18.8 Å². The zero-order chi connectivity index (χ0) is 27.9. The van der Waals surface area contributed by atoms with Gasteiger partial charge in [-0.05, 0) is 49.4 Å². The Morgan fingerprint density at radius 1 is 1.08 bits per heavy atom. The maximum absolute atomic E-state index is 13.8. The number of sulfonamides is 1. The van der Waals surface area contributed by atoms with Gasteiger partial charge in [0.2, 0.25) is 15.9 Å². The van der Waals surface area contributed by atoms with E-state index in [2.05, 4.69) is 9.88 Å². The fourth-order valence-electron chi connectivity index (χ4n) is 5.72. The molecule has 2 atom stereocenters. The molecule has 1 aromatic carbocycles. The summed E-state index contributed by atoms with van der Waals surface area (Å²) in [6.07, 6.45) is 2.33. The molecule has 2 aliphatic rings. The second kappa shape index (κ2) is 10.9. The molecule has 2 aromatic heterocycles. The van der Waals surface area contributed by atoms with E-state index in [1.165, 1.54) is 26.5 Å². The number of ether oxygens (including phenoxy) is 1. The average molecular weight is 574 g/mol. The van der Waals surface area contributed by atoms with Gasteiger partial charge in [0.15, 0.2) is 0 Å². The van der Waals surface area contributed by atoms with Crippen molar-refractivity contribution in [3.8, 4) is 5.75 Å². The van der Waals surface area contributed by atoms with Crippen LogP contribution in [0, 0.1) is 18.8 Å². The van der Waals surface area contributed by atoms with Crippen LogP contribution in [-0.2, 0) is 21.4 Å². The van der Waals surface area contributed by atoms with E-state index < -0.39 is 15.6 Å². The van der Waals surface area contributed by atoms with Crippen molar-refractivity contribution in [3.05, 3.63) is 45.8 Å². The van der Waals surface area contributed by atoms with Crippen LogP contribution in [0.4, 0.5) is 5.69 Å². The predicted octanol–water partition coefficient (Wildman–Crippen LogP) is 2.79. The third-order valence-corrected chi connectivity index (χ3v) is 10.8. The van der Waals surface area contributed by atoms with Crippen LogP contribution < -0.4 is 15.2 Å². The number of benzene rings is 1.